The lowest BCUT2D eigenvalue weighted by Gasteiger charge is -2.24. The fraction of sp³-hybridized carbons (Fsp3) is 0.609. The molecular weight excluding hydrogens is 364 g/mol. The lowest BCUT2D eigenvalue weighted by atomic mass is 9.86. The van der Waals surface area contributed by atoms with E-state index in [-0.39, 0.29) is 11.8 Å². The van der Waals surface area contributed by atoms with Gasteiger partial charge in [0.2, 0.25) is 12.1 Å². The van der Waals surface area contributed by atoms with Gasteiger partial charge < -0.3 is 15.1 Å². The summed E-state index contributed by atoms with van der Waals surface area (Å²) in [6.45, 7) is 5.71. The number of hydrogen-bond donors (Lipinski definition) is 1. The van der Waals surface area contributed by atoms with Crippen LogP contribution in [0.25, 0.3) is 0 Å². The summed E-state index contributed by atoms with van der Waals surface area (Å²) in [6, 6.07) is 7.80. The van der Waals surface area contributed by atoms with Gasteiger partial charge in [-0.15, -0.1) is 0 Å². The number of benzene rings is 1. The van der Waals surface area contributed by atoms with Crippen LogP contribution in [0.2, 0.25) is 0 Å². The first-order valence-corrected chi connectivity index (χ1v) is 11.0. The fourth-order valence-corrected chi connectivity index (χ4v) is 4.41. The van der Waals surface area contributed by atoms with E-state index in [1.54, 1.807) is 11.9 Å². The normalized spacial score (nSPS) is 20.0. The number of nitrogens with zero attached hydrogens (tertiary/aromatic N) is 3. The van der Waals surface area contributed by atoms with Crippen molar-refractivity contribution in [1.82, 2.24) is 10.2 Å². The molecule has 0 aromatic heterocycles. The van der Waals surface area contributed by atoms with Crippen molar-refractivity contribution in [3.05, 3.63) is 29.8 Å². The van der Waals surface area contributed by atoms with E-state index in [1.807, 2.05) is 24.3 Å². The number of amides is 2. The molecule has 1 heterocycles. The molecule has 1 aliphatic heterocycles. The van der Waals surface area contributed by atoms with E-state index in [9.17, 15) is 9.59 Å². The first-order valence-electron chi connectivity index (χ1n) is 11.0. The van der Waals surface area contributed by atoms with Gasteiger partial charge in [0.15, 0.2) is 0 Å². The summed E-state index contributed by atoms with van der Waals surface area (Å²) in [5, 5.41) is 2.90. The minimum Gasteiger partial charge on any atom is -0.357 e. The van der Waals surface area contributed by atoms with Gasteiger partial charge in [-0.1, -0.05) is 44.2 Å². The van der Waals surface area contributed by atoms with Crippen LogP contribution in [0.15, 0.2) is 29.3 Å². The second-order valence-electron chi connectivity index (χ2n) is 8.05. The van der Waals surface area contributed by atoms with Crippen LogP contribution in [0.4, 0.5) is 5.69 Å². The van der Waals surface area contributed by atoms with E-state index in [0.29, 0.717) is 12.3 Å². The number of benzodiazepines with no additional fused rings is 1. The summed E-state index contributed by atoms with van der Waals surface area (Å²) in [7, 11) is 1.75. The van der Waals surface area contributed by atoms with Gasteiger partial charge in [-0.3, -0.25) is 9.59 Å². The Kier molecular flexibility index (Phi) is 7.29. The van der Waals surface area contributed by atoms with Crippen LogP contribution < -0.4 is 10.2 Å². The first-order chi connectivity index (χ1) is 14.0. The van der Waals surface area contributed by atoms with E-state index in [4.69, 9.17) is 4.99 Å². The number of nitrogens with one attached hydrogen (secondary N) is 1. The van der Waals surface area contributed by atoms with Crippen molar-refractivity contribution in [2.75, 3.05) is 25.0 Å². The van der Waals surface area contributed by atoms with Crippen molar-refractivity contribution in [3.63, 3.8) is 0 Å². The molecule has 3 rings (SSSR count). The average Bonchev–Trinajstić information content (AvgIpc) is 2.85. The molecule has 0 bridgehead atoms. The molecule has 1 fully saturated rings. The number of likely N-dealkylation sites (N-methyl/N-ethyl adjacent to an activating group) is 1. The third-order valence-electron chi connectivity index (χ3n) is 6.19. The predicted molar refractivity (Wildman–Crippen MR) is 117 cm³/mol. The molecule has 1 aromatic rings. The lowest BCUT2D eigenvalue weighted by Crippen LogP contribution is -2.46. The van der Waals surface area contributed by atoms with Crippen molar-refractivity contribution in [3.8, 4) is 0 Å². The van der Waals surface area contributed by atoms with Gasteiger partial charge in [0.05, 0.1) is 5.69 Å². The number of anilines is 1. The highest BCUT2D eigenvalue weighted by Crippen LogP contribution is 2.28. The van der Waals surface area contributed by atoms with Crippen LogP contribution in [0.1, 0.15) is 64.4 Å². The van der Waals surface area contributed by atoms with Gasteiger partial charge in [0, 0.05) is 32.1 Å². The Hall–Kier alpha value is -2.37. The number of rotatable bonds is 6. The van der Waals surface area contributed by atoms with E-state index in [0.717, 1.165) is 36.6 Å². The molecule has 6 heteroatoms. The monoisotopic (exact) mass is 398 g/mol. The number of carbonyl (C=O) groups excluding carboxylic acids is 2. The molecule has 1 aromatic carbocycles. The quantitative estimate of drug-likeness (QED) is 0.797. The molecule has 0 saturated heterocycles. The van der Waals surface area contributed by atoms with E-state index in [2.05, 4.69) is 24.1 Å². The van der Waals surface area contributed by atoms with E-state index >= 15 is 0 Å². The van der Waals surface area contributed by atoms with E-state index < -0.39 is 6.17 Å². The molecule has 1 unspecified atom stereocenters. The smallest absolute Gasteiger partial charge is 0.272 e. The highest BCUT2D eigenvalue weighted by molar-refractivity contribution is 6.12. The minimum absolute atomic E-state index is 0.0871. The largest absolute Gasteiger partial charge is 0.357 e. The SMILES string of the molecule is CCN(CC)C1=NC(NC(=O)CCC2CCCCC2)C(=O)N(C)c2ccccc21. The number of fused-ring (bicyclic) bond motifs is 1. The lowest BCUT2D eigenvalue weighted by molar-refractivity contribution is -0.127. The number of carbonyl (C=O) groups is 2. The van der Waals surface area contributed by atoms with Crippen LogP contribution >= 0.6 is 0 Å². The molecule has 29 heavy (non-hydrogen) atoms. The molecule has 158 valence electrons. The standard InChI is InChI=1S/C23H34N4O2/c1-4-27(5-2)22-18-13-9-10-14-19(18)26(3)23(29)21(25-22)24-20(28)16-15-17-11-7-6-8-12-17/h9-10,13-14,17,21H,4-8,11-12,15-16H2,1-3H3,(H,24,28). The zero-order valence-electron chi connectivity index (χ0n) is 18.0. The van der Waals surface area contributed by atoms with Crippen LogP contribution in [0.3, 0.4) is 0 Å². The summed E-state index contributed by atoms with van der Waals surface area (Å²) >= 11 is 0. The molecule has 1 atom stereocenters. The number of aliphatic imine (C=N–C) groups is 1. The molecule has 6 nitrogen and oxygen atoms in total. The van der Waals surface area contributed by atoms with Crippen LogP contribution in [0.5, 0.6) is 0 Å². The second-order valence-corrected chi connectivity index (χ2v) is 8.05. The van der Waals surface area contributed by atoms with E-state index in [1.165, 1.54) is 32.1 Å². The zero-order chi connectivity index (χ0) is 20.8. The van der Waals surface area contributed by atoms with Crippen molar-refractivity contribution >= 4 is 23.3 Å². The van der Waals surface area contributed by atoms with Crippen molar-refractivity contribution in [2.45, 2.75) is 65.0 Å². The van der Waals surface area contributed by atoms with Gasteiger partial charge in [-0.25, -0.2) is 4.99 Å². The van der Waals surface area contributed by atoms with Gasteiger partial charge in [-0.05, 0) is 38.3 Å². The Labute approximate surface area is 174 Å². The molecule has 2 amide bonds. The Morgan fingerprint density at radius 2 is 1.86 bits per heavy atom. The Morgan fingerprint density at radius 3 is 2.55 bits per heavy atom. The zero-order valence-corrected chi connectivity index (χ0v) is 18.0. The van der Waals surface area contributed by atoms with Gasteiger partial charge in [0.25, 0.3) is 5.91 Å². The van der Waals surface area contributed by atoms with Gasteiger partial charge in [-0.2, -0.15) is 0 Å². The first kappa shape index (κ1) is 21.3. The molecule has 1 N–H and O–H groups in total. The fourth-order valence-electron chi connectivity index (χ4n) is 4.41. The summed E-state index contributed by atoms with van der Waals surface area (Å²) in [4.78, 5) is 34.2. The average molecular weight is 399 g/mol. The van der Waals surface area contributed by atoms with Crippen LogP contribution in [0, 0.1) is 5.92 Å². The highest BCUT2D eigenvalue weighted by atomic mass is 16.2. The Morgan fingerprint density at radius 1 is 1.17 bits per heavy atom. The number of amidine groups is 1. The summed E-state index contributed by atoms with van der Waals surface area (Å²) in [6.07, 6.45) is 6.77. The maximum Gasteiger partial charge on any atom is 0.272 e. The molecule has 1 aliphatic carbocycles. The van der Waals surface area contributed by atoms with Crippen LogP contribution in [-0.4, -0.2) is 48.9 Å². The maximum absolute atomic E-state index is 13.1. The molecule has 0 radical (unpaired) electrons. The third kappa shape index (κ3) is 4.98. The maximum atomic E-state index is 13.1. The molecule has 1 saturated carbocycles. The second kappa shape index (κ2) is 9.90. The molecule has 2 aliphatic rings. The minimum atomic E-state index is -0.887. The summed E-state index contributed by atoms with van der Waals surface area (Å²) < 4.78 is 0. The Bertz CT molecular complexity index is 751. The third-order valence-corrected chi connectivity index (χ3v) is 6.19. The number of para-hydroxylation sites is 1. The van der Waals surface area contributed by atoms with Gasteiger partial charge >= 0.3 is 0 Å². The Balaban J connectivity index is 1.79. The molecule has 0 spiro atoms. The van der Waals surface area contributed by atoms with Gasteiger partial charge in [0.1, 0.15) is 5.84 Å². The van der Waals surface area contributed by atoms with Crippen molar-refractivity contribution < 1.29 is 9.59 Å². The highest BCUT2D eigenvalue weighted by Gasteiger charge is 2.31. The van der Waals surface area contributed by atoms with Crippen molar-refractivity contribution in [1.29, 1.82) is 0 Å². The van der Waals surface area contributed by atoms with Crippen molar-refractivity contribution in [2.24, 2.45) is 10.9 Å². The van der Waals surface area contributed by atoms with Crippen LogP contribution in [-0.2, 0) is 9.59 Å². The topological polar surface area (TPSA) is 65.0 Å². The summed E-state index contributed by atoms with van der Waals surface area (Å²) in [5.74, 6) is 1.11. The summed E-state index contributed by atoms with van der Waals surface area (Å²) in [5.41, 5.74) is 1.74. The number of hydrogen-bond acceptors (Lipinski definition) is 4. The molecular formula is C23H34N4O2. The predicted octanol–water partition coefficient (Wildman–Crippen LogP) is 3.55.